The van der Waals surface area contributed by atoms with Crippen LogP contribution in [-0.4, -0.2) is 55.2 Å². The Bertz CT molecular complexity index is 755. The molecule has 0 saturated carbocycles. The summed E-state index contributed by atoms with van der Waals surface area (Å²) in [4.78, 5) is 21.8. The molecule has 2 fully saturated rings. The Morgan fingerprint density at radius 1 is 0.929 bits per heavy atom. The third kappa shape index (κ3) is 4.53. The summed E-state index contributed by atoms with van der Waals surface area (Å²) < 4.78 is 5.51. The predicted molar refractivity (Wildman–Crippen MR) is 111 cm³/mol. The number of nitrogens with zero attached hydrogens (tertiary/aromatic N) is 3. The molecular formula is C23H29N3O2. The molecule has 1 amide bonds. The van der Waals surface area contributed by atoms with Crippen LogP contribution in [0.3, 0.4) is 0 Å². The van der Waals surface area contributed by atoms with Gasteiger partial charge in [0.05, 0.1) is 12.2 Å². The molecule has 148 valence electrons. The second kappa shape index (κ2) is 9.20. The molecule has 1 aromatic carbocycles. The Hall–Kier alpha value is -2.40. The number of aromatic nitrogens is 1. The molecule has 2 aliphatic heterocycles. The minimum atomic E-state index is 0.104. The van der Waals surface area contributed by atoms with Gasteiger partial charge >= 0.3 is 0 Å². The van der Waals surface area contributed by atoms with Gasteiger partial charge in [-0.25, -0.2) is 4.98 Å². The van der Waals surface area contributed by atoms with Gasteiger partial charge in [-0.2, -0.15) is 0 Å². The summed E-state index contributed by atoms with van der Waals surface area (Å²) in [5.41, 5.74) is 2.08. The fraction of sp³-hybridized carbons (Fsp3) is 0.478. The van der Waals surface area contributed by atoms with Crippen molar-refractivity contribution in [3.63, 3.8) is 0 Å². The number of anilines is 1. The molecule has 2 aliphatic rings. The standard InChI is InChI=1S/C23H29N3O2/c27-23(21-9-10-22(24-18-21)25-13-5-16-28-17-15-25)26-12-4-8-20(11-14-26)19-6-2-1-3-7-19/h1-3,6-7,9-10,18,20H,4-5,8,11-17H2/t20-/m1/s1. The first-order valence-electron chi connectivity index (χ1n) is 10.4. The summed E-state index contributed by atoms with van der Waals surface area (Å²) in [7, 11) is 0. The molecule has 0 N–H and O–H groups in total. The van der Waals surface area contributed by atoms with Crippen LogP contribution in [0.15, 0.2) is 48.7 Å². The van der Waals surface area contributed by atoms with E-state index in [0.717, 1.165) is 70.9 Å². The lowest BCUT2D eigenvalue weighted by molar-refractivity contribution is 0.0760. The van der Waals surface area contributed by atoms with E-state index in [1.807, 2.05) is 17.0 Å². The van der Waals surface area contributed by atoms with Crippen molar-refractivity contribution in [1.82, 2.24) is 9.88 Å². The van der Waals surface area contributed by atoms with Crippen molar-refractivity contribution in [2.24, 2.45) is 0 Å². The molecular weight excluding hydrogens is 350 g/mol. The first-order valence-corrected chi connectivity index (χ1v) is 10.4. The molecule has 2 saturated heterocycles. The number of benzene rings is 1. The maximum absolute atomic E-state index is 13.0. The topological polar surface area (TPSA) is 45.7 Å². The number of hydrogen-bond donors (Lipinski definition) is 0. The van der Waals surface area contributed by atoms with Crippen LogP contribution in [0.5, 0.6) is 0 Å². The number of rotatable bonds is 3. The first kappa shape index (κ1) is 18.9. The van der Waals surface area contributed by atoms with Crippen LogP contribution < -0.4 is 4.90 Å². The Balaban J connectivity index is 1.38. The van der Waals surface area contributed by atoms with Gasteiger partial charge in [0.25, 0.3) is 5.91 Å². The zero-order chi connectivity index (χ0) is 19.2. The number of pyridine rings is 1. The van der Waals surface area contributed by atoms with Gasteiger partial charge in [-0.05, 0) is 49.3 Å². The largest absolute Gasteiger partial charge is 0.380 e. The highest BCUT2D eigenvalue weighted by molar-refractivity contribution is 5.94. The number of likely N-dealkylation sites (tertiary alicyclic amines) is 1. The van der Waals surface area contributed by atoms with Gasteiger partial charge in [-0.15, -0.1) is 0 Å². The third-order valence-electron chi connectivity index (χ3n) is 5.83. The van der Waals surface area contributed by atoms with Gasteiger partial charge in [0.2, 0.25) is 0 Å². The normalized spacial score (nSPS) is 21.1. The van der Waals surface area contributed by atoms with E-state index in [1.54, 1.807) is 6.20 Å². The van der Waals surface area contributed by atoms with Crippen molar-refractivity contribution in [3.8, 4) is 0 Å². The second-order valence-electron chi connectivity index (χ2n) is 7.69. The summed E-state index contributed by atoms with van der Waals surface area (Å²) in [6.45, 7) is 4.99. The number of hydrogen-bond acceptors (Lipinski definition) is 4. The highest BCUT2D eigenvalue weighted by Crippen LogP contribution is 2.28. The monoisotopic (exact) mass is 379 g/mol. The van der Waals surface area contributed by atoms with E-state index in [9.17, 15) is 4.79 Å². The van der Waals surface area contributed by atoms with Crippen molar-refractivity contribution >= 4 is 11.7 Å². The van der Waals surface area contributed by atoms with Crippen molar-refractivity contribution in [3.05, 3.63) is 59.8 Å². The average Bonchev–Trinajstić information content (AvgIpc) is 3.17. The predicted octanol–water partition coefficient (Wildman–Crippen LogP) is 3.72. The number of ether oxygens (including phenoxy) is 1. The van der Waals surface area contributed by atoms with Crippen LogP contribution in [0, 0.1) is 0 Å². The minimum Gasteiger partial charge on any atom is -0.380 e. The van der Waals surface area contributed by atoms with Crippen LogP contribution in [0.2, 0.25) is 0 Å². The maximum atomic E-state index is 13.0. The third-order valence-corrected chi connectivity index (χ3v) is 5.83. The quantitative estimate of drug-likeness (QED) is 0.815. The molecule has 28 heavy (non-hydrogen) atoms. The van der Waals surface area contributed by atoms with Crippen LogP contribution in [0.1, 0.15) is 47.5 Å². The van der Waals surface area contributed by atoms with E-state index < -0.39 is 0 Å². The van der Waals surface area contributed by atoms with Gasteiger partial charge in [0.1, 0.15) is 5.82 Å². The Morgan fingerprint density at radius 3 is 2.64 bits per heavy atom. The van der Waals surface area contributed by atoms with Crippen LogP contribution in [0.4, 0.5) is 5.82 Å². The van der Waals surface area contributed by atoms with Crippen LogP contribution >= 0.6 is 0 Å². The van der Waals surface area contributed by atoms with Crippen molar-refractivity contribution in [2.75, 3.05) is 44.3 Å². The van der Waals surface area contributed by atoms with Gasteiger partial charge in [0.15, 0.2) is 0 Å². The fourth-order valence-electron chi connectivity index (χ4n) is 4.22. The molecule has 1 atom stereocenters. The van der Waals surface area contributed by atoms with Crippen LogP contribution in [0.25, 0.3) is 0 Å². The number of amides is 1. The van der Waals surface area contributed by atoms with Gasteiger partial charge < -0.3 is 14.5 Å². The zero-order valence-electron chi connectivity index (χ0n) is 16.4. The smallest absolute Gasteiger partial charge is 0.255 e. The van der Waals surface area contributed by atoms with Gasteiger partial charge in [-0.1, -0.05) is 30.3 Å². The summed E-state index contributed by atoms with van der Waals surface area (Å²) in [6.07, 6.45) is 5.96. The highest BCUT2D eigenvalue weighted by atomic mass is 16.5. The average molecular weight is 380 g/mol. The Kier molecular flexibility index (Phi) is 6.22. The van der Waals surface area contributed by atoms with Crippen molar-refractivity contribution in [2.45, 2.75) is 31.6 Å². The second-order valence-corrected chi connectivity index (χ2v) is 7.69. The lowest BCUT2D eigenvalue weighted by atomic mass is 9.92. The number of carbonyl (C=O) groups excluding carboxylic acids is 1. The first-order chi connectivity index (χ1) is 13.8. The summed E-state index contributed by atoms with van der Waals surface area (Å²) in [5, 5.41) is 0. The lowest BCUT2D eigenvalue weighted by Crippen LogP contribution is -2.32. The van der Waals surface area contributed by atoms with Crippen LogP contribution in [-0.2, 0) is 4.74 Å². The van der Waals surface area contributed by atoms with E-state index >= 15 is 0 Å². The van der Waals surface area contributed by atoms with Crippen molar-refractivity contribution in [1.29, 1.82) is 0 Å². The number of carbonyl (C=O) groups is 1. The van der Waals surface area contributed by atoms with E-state index in [1.165, 1.54) is 5.56 Å². The lowest BCUT2D eigenvalue weighted by Gasteiger charge is -2.22. The summed E-state index contributed by atoms with van der Waals surface area (Å²) in [6, 6.07) is 14.6. The SMILES string of the molecule is O=C(c1ccc(N2CCCOCC2)nc1)N1CCC[C@@H](c2ccccc2)CC1. The molecule has 3 heterocycles. The molecule has 5 heteroatoms. The molecule has 0 aliphatic carbocycles. The Labute approximate surface area is 167 Å². The van der Waals surface area contributed by atoms with E-state index in [-0.39, 0.29) is 5.91 Å². The van der Waals surface area contributed by atoms with E-state index in [0.29, 0.717) is 11.5 Å². The summed E-state index contributed by atoms with van der Waals surface area (Å²) in [5.74, 6) is 1.58. The maximum Gasteiger partial charge on any atom is 0.255 e. The van der Waals surface area contributed by atoms with Crippen molar-refractivity contribution < 1.29 is 9.53 Å². The molecule has 2 aromatic rings. The molecule has 5 nitrogen and oxygen atoms in total. The zero-order valence-corrected chi connectivity index (χ0v) is 16.4. The van der Waals surface area contributed by atoms with Gasteiger partial charge in [0, 0.05) is 39.0 Å². The molecule has 0 bridgehead atoms. The van der Waals surface area contributed by atoms with E-state index in [4.69, 9.17) is 4.74 Å². The molecule has 0 spiro atoms. The molecule has 0 unspecified atom stereocenters. The minimum absolute atomic E-state index is 0.104. The van der Waals surface area contributed by atoms with Gasteiger partial charge in [-0.3, -0.25) is 4.79 Å². The Morgan fingerprint density at radius 2 is 1.82 bits per heavy atom. The summed E-state index contributed by atoms with van der Waals surface area (Å²) >= 11 is 0. The highest BCUT2D eigenvalue weighted by Gasteiger charge is 2.23. The molecule has 4 rings (SSSR count). The molecule has 1 aromatic heterocycles. The fourth-order valence-corrected chi connectivity index (χ4v) is 4.22. The molecule has 0 radical (unpaired) electrons. The van der Waals surface area contributed by atoms with E-state index in [2.05, 4.69) is 40.2 Å².